The first-order chi connectivity index (χ1) is 14.4. The first kappa shape index (κ1) is 20.8. The second kappa shape index (κ2) is 9.04. The number of aldehydes is 1. The zero-order valence-corrected chi connectivity index (χ0v) is 16.3. The van der Waals surface area contributed by atoms with Crippen LogP contribution in [0, 0.1) is 5.41 Å². The summed E-state index contributed by atoms with van der Waals surface area (Å²) in [6, 6.07) is 12.8. The fraction of sp³-hybridized carbons (Fsp3) is 0.182. The molecule has 0 saturated carbocycles. The lowest BCUT2D eigenvalue weighted by molar-refractivity contribution is -0.124. The molecule has 30 heavy (non-hydrogen) atoms. The van der Waals surface area contributed by atoms with Crippen molar-refractivity contribution >= 4 is 29.5 Å². The monoisotopic (exact) mass is 407 g/mol. The van der Waals surface area contributed by atoms with Gasteiger partial charge in [-0.15, -0.1) is 0 Å². The Morgan fingerprint density at radius 3 is 2.73 bits per heavy atom. The van der Waals surface area contributed by atoms with Gasteiger partial charge in [-0.1, -0.05) is 30.3 Å². The highest BCUT2D eigenvalue weighted by Crippen LogP contribution is 2.31. The van der Waals surface area contributed by atoms with Gasteiger partial charge in [0.25, 0.3) is 11.8 Å². The number of amides is 2. The molecule has 0 bridgehead atoms. The van der Waals surface area contributed by atoms with Crippen molar-refractivity contribution in [3.63, 3.8) is 0 Å². The lowest BCUT2D eigenvalue weighted by Crippen LogP contribution is -2.50. The Balaban J connectivity index is 1.67. The Labute approximate surface area is 173 Å². The van der Waals surface area contributed by atoms with Crippen LogP contribution in [0.2, 0.25) is 0 Å². The Hall–Kier alpha value is -3.94. The number of nitrogens with zero attached hydrogens (tertiary/aromatic N) is 1. The van der Waals surface area contributed by atoms with Crippen LogP contribution in [0.4, 0.5) is 5.69 Å². The second-order valence-electron chi connectivity index (χ2n) is 6.79. The van der Waals surface area contributed by atoms with E-state index in [9.17, 15) is 19.5 Å². The molecule has 0 aliphatic carbocycles. The molecular weight excluding hydrogens is 386 g/mol. The number of aliphatic hydroxyl groups excluding tert-OH is 1. The molecule has 0 aromatic heterocycles. The van der Waals surface area contributed by atoms with Crippen LogP contribution in [0.1, 0.15) is 15.9 Å². The molecule has 154 valence electrons. The molecule has 1 aliphatic heterocycles. The topological polar surface area (TPSA) is 120 Å². The molecule has 1 heterocycles. The molecule has 3 N–H and O–H groups in total. The maximum absolute atomic E-state index is 12.7. The quantitative estimate of drug-likeness (QED) is 0.385. The number of anilines is 1. The average Bonchev–Trinajstić information content (AvgIpc) is 2.86. The summed E-state index contributed by atoms with van der Waals surface area (Å²) >= 11 is 0. The predicted octanol–water partition coefficient (Wildman–Crippen LogP) is 2.04. The van der Waals surface area contributed by atoms with Crippen molar-refractivity contribution < 1.29 is 24.2 Å². The number of hydrogen-bond acceptors (Lipinski definition) is 6. The van der Waals surface area contributed by atoms with Gasteiger partial charge >= 0.3 is 0 Å². The third-order valence-corrected chi connectivity index (χ3v) is 4.60. The number of nitrogens with one attached hydrogen (secondary N) is 2. The zero-order chi connectivity index (χ0) is 21.7. The SMILES string of the molecule is CN1C(=O)[C@@H](NC(=O)C(=N)/C=C(\O)Cc2ccccc2)COc2ccc(C=O)cc21. The molecule has 2 aromatic rings. The molecule has 8 heteroatoms. The molecular formula is C22H21N3O5. The first-order valence-corrected chi connectivity index (χ1v) is 9.21. The molecule has 1 aliphatic rings. The summed E-state index contributed by atoms with van der Waals surface area (Å²) in [5, 5.41) is 20.4. The van der Waals surface area contributed by atoms with E-state index in [2.05, 4.69) is 5.32 Å². The Morgan fingerprint density at radius 1 is 1.30 bits per heavy atom. The molecule has 8 nitrogen and oxygen atoms in total. The minimum Gasteiger partial charge on any atom is -0.512 e. The molecule has 0 unspecified atom stereocenters. The number of allylic oxidation sites excluding steroid dienone is 1. The van der Waals surface area contributed by atoms with Crippen molar-refractivity contribution in [2.75, 3.05) is 18.6 Å². The number of benzene rings is 2. The highest BCUT2D eigenvalue weighted by atomic mass is 16.5. The summed E-state index contributed by atoms with van der Waals surface area (Å²) in [5.41, 5.74) is 1.15. The van der Waals surface area contributed by atoms with E-state index in [1.54, 1.807) is 12.1 Å². The summed E-state index contributed by atoms with van der Waals surface area (Å²) in [7, 11) is 1.51. The fourth-order valence-corrected chi connectivity index (χ4v) is 3.02. The second-order valence-corrected chi connectivity index (χ2v) is 6.79. The van der Waals surface area contributed by atoms with Gasteiger partial charge in [0.2, 0.25) is 0 Å². The number of hydrogen-bond donors (Lipinski definition) is 3. The Kier molecular flexibility index (Phi) is 6.26. The summed E-state index contributed by atoms with van der Waals surface area (Å²) in [4.78, 5) is 37.4. The van der Waals surface area contributed by atoms with Crippen LogP contribution in [0.5, 0.6) is 5.75 Å². The highest BCUT2D eigenvalue weighted by molar-refractivity contribution is 6.42. The van der Waals surface area contributed by atoms with Gasteiger partial charge < -0.3 is 20.1 Å². The van der Waals surface area contributed by atoms with Gasteiger partial charge in [-0.25, -0.2) is 0 Å². The van der Waals surface area contributed by atoms with Crippen LogP contribution in [-0.4, -0.2) is 48.6 Å². The Morgan fingerprint density at radius 2 is 2.03 bits per heavy atom. The van der Waals surface area contributed by atoms with E-state index in [-0.39, 0.29) is 18.8 Å². The Bertz CT molecular complexity index is 1020. The standard InChI is InChI=1S/C22H21N3O5/c1-25-19-10-15(12-26)7-8-20(19)30-13-18(22(25)29)24-21(28)17(23)11-16(27)9-14-5-3-2-4-6-14/h2-8,10-12,18,23,27H,9,13H2,1H3,(H,24,28)/b16-11-,23-17?/t18-/m0/s1. The van der Waals surface area contributed by atoms with E-state index in [1.165, 1.54) is 18.0 Å². The smallest absolute Gasteiger partial charge is 0.270 e. The van der Waals surface area contributed by atoms with Crippen molar-refractivity contribution in [2.45, 2.75) is 12.5 Å². The molecule has 0 radical (unpaired) electrons. The van der Waals surface area contributed by atoms with Crippen LogP contribution >= 0.6 is 0 Å². The molecule has 2 aromatic carbocycles. The van der Waals surface area contributed by atoms with Gasteiger partial charge in [0, 0.05) is 25.1 Å². The first-order valence-electron chi connectivity index (χ1n) is 9.21. The molecule has 0 saturated heterocycles. The summed E-state index contributed by atoms with van der Waals surface area (Å²) in [6.07, 6.45) is 1.90. The predicted molar refractivity (Wildman–Crippen MR) is 111 cm³/mol. The minimum absolute atomic E-state index is 0.130. The summed E-state index contributed by atoms with van der Waals surface area (Å²) in [6.45, 7) is -0.130. The van der Waals surface area contributed by atoms with Gasteiger partial charge in [-0.2, -0.15) is 0 Å². The zero-order valence-electron chi connectivity index (χ0n) is 16.3. The van der Waals surface area contributed by atoms with Crippen LogP contribution in [0.15, 0.2) is 60.4 Å². The molecule has 0 fully saturated rings. The van der Waals surface area contributed by atoms with Crippen molar-refractivity contribution in [1.29, 1.82) is 5.41 Å². The van der Waals surface area contributed by atoms with Crippen LogP contribution in [0.25, 0.3) is 0 Å². The average molecular weight is 407 g/mol. The number of likely N-dealkylation sites (N-methyl/N-ethyl adjacent to an activating group) is 1. The summed E-state index contributed by atoms with van der Waals surface area (Å²) < 4.78 is 5.61. The lowest BCUT2D eigenvalue weighted by atomic mass is 10.1. The molecule has 2 amide bonds. The maximum atomic E-state index is 12.7. The fourth-order valence-electron chi connectivity index (χ4n) is 3.02. The van der Waals surface area contributed by atoms with E-state index in [1.807, 2.05) is 30.3 Å². The number of ether oxygens (including phenoxy) is 1. The minimum atomic E-state index is -1.03. The van der Waals surface area contributed by atoms with Gasteiger partial charge in [0.1, 0.15) is 30.4 Å². The number of aliphatic hydroxyl groups is 1. The number of rotatable bonds is 6. The van der Waals surface area contributed by atoms with Crippen LogP contribution in [0.3, 0.4) is 0 Å². The number of carbonyl (C=O) groups is 3. The van der Waals surface area contributed by atoms with Crippen LogP contribution < -0.4 is 15.0 Å². The molecule has 3 rings (SSSR count). The van der Waals surface area contributed by atoms with Crippen molar-refractivity contribution in [3.8, 4) is 5.75 Å². The van der Waals surface area contributed by atoms with Gasteiger partial charge in [0.05, 0.1) is 11.4 Å². The molecule has 0 spiro atoms. The van der Waals surface area contributed by atoms with Gasteiger partial charge in [0.15, 0.2) is 0 Å². The summed E-state index contributed by atoms with van der Waals surface area (Å²) in [5.74, 6) is -1.00. The van der Waals surface area contributed by atoms with E-state index < -0.39 is 23.6 Å². The molecule has 1 atom stereocenters. The van der Waals surface area contributed by atoms with E-state index in [0.717, 1.165) is 11.6 Å². The van der Waals surface area contributed by atoms with E-state index >= 15 is 0 Å². The van der Waals surface area contributed by atoms with Crippen molar-refractivity contribution in [2.24, 2.45) is 0 Å². The van der Waals surface area contributed by atoms with E-state index in [4.69, 9.17) is 10.1 Å². The van der Waals surface area contributed by atoms with Crippen molar-refractivity contribution in [1.82, 2.24) is 5.32 Å². The normalized spacial score (nSPS) is 16.2. The third kappa shape index (κ3) is 4.72. The third-order valence-electron chi connectivity index (χ3n) is 4.60. The lowest BCUT2D eigenvalue weighted by Gasteiger charge is -2.20. The van der Waals surface area contributed by atoms with Crippen molar-refractivity contribution in [3.05, 3.63) is 71.5 Å². The van der Waals surface area contributed by atoms with Crippen LogP contribution in [-0.2, 0) is 16.0 Å². The van der Waals surface area contributed by atoms with Gasteiger partial charge in [-0.3, -0.25) is 19.8 Å². The number of carbonyl (C=O) groups excluding carboxylic acids is 3. The number of fused-ring (bicyclic) bond motifs is 1. The van der Waals surface area contributed by atoms with Gasteiger partial charge in [-0.05, 0) is 23.8 Å². The van der Waals surface area contributed by atoms with E-state index in [0.29, 0.717) is 23.3 Å². The maximum Gasteiger partial charge on any atom is 0.270 e. The highest BCUT2D eigenvalue weighted by Gasteiger charge is 2.31. The largest absolute Gasteiger partial charge is 0.512 e.